The van der Waals surface area contributed by atoms with Crippen molar-refractivity contribution in [3.05, 3.63) is 29.7 Å². The molecule has 1 aliphatic heterocycles. The van der Waals surface area contributed by atoms with Crippen LogP contribution in [0, 0.1) is 0 Å². The molecular formula is C16H19N3O3. The summed E-state index contributed by atoms with van der Waals surface area (Å²) in [6.45, 7) is 3.26. The number of hydrogen-bond donors (Lipinski definition) is 1. The molecule has 2 aromatic rings. The molecule has 0 unspecified atom stereocenters. The smallest absolute Gasteiger partial charge is 0.254 e. The molecule has 2 heterocycles. The van der Waals surface area contributed by atoms with Crippen LogP contribution in [0.4, 0.5) is 0 Å². The van der Waals surface area contributed by atoms with Gasteiger partial charge < -0.3 is 14.6 Å². The lowest BCUT2D eigenvalue weighted by atomic mass is 10.1. The maximum absolute atomic E-state index is 12.5. The molecule has 6 heteroatoms. The van der Waals surface area contributed by atoms with Crippen LogP contribution in [0.1, 0.15) is 36.0 Å². The number of carbonyl (C=O) groups is 2. The van der Waals surface area contributed by atoms with Gasteiger partial charge in [-0.15, -0.1) is 0 Å². The summed E-state index contributed by atoms with van der Waals surface area (Å²) < 4.78 is 5.67. The first-order chi connectivity index (χ1) is 10.7. The van der Waals surface area contributed by atoms with Crippen molar-refractivity contribution in [2.24, 2.45) is 0 Å². The number of fused-ring (bicyclic) bond motifs is 1. The molecule has 1 N–H and O–H groups in total. The molecule has 1 saturated heterocycles. The second kappa shape index (κ2) is 6.17. The first-order valence-electron chi connectivity index (χ1n) is 7.63. The number of amides is 2. The molecule has 0 radical (unpaired) electrons. The molecule has 1 aromatic carbocycles. The normalized spacial score (nSPS) is 15.1. The Labute approximate surface area is 128 Å². The summed E-state index contributed by atoms with van der Waals surface area (Å²) in [5.74, 6) is 0.442. The quantitative estimate of drug-likeness (QED) is 0.933. The Morgan fingerprint density at radius 1 is 1.45 bits per heavy atom. The van der Waals surface area contributed by atoms with Crippen LogP contribution < -0.4 is 5.32 Å². The van der Waals surface area contributed by atoms with Crippen molar-refractivity contribution in [3.8, 4) is 0 Å². The van der Waals surface area contributed by atoms with E-state index in [1.54, 1.807) is 23.1 Å². The van der Waals surface area contributed by atoms with Crippen LogP contribution in [0.2, 0.25) is 0 Å². The fourth-order valence-corrected chi connectivity index (χ4v) is 2.54. The molecule has 22 heavy (non-hydrogen) atoms. The average Bonchev–Trinajstić information content (AvgIpc) is 2.94. The van der Waals surface area contributed by atoms with Gasteiger partial charge in [0.1, 0.15) is 5.52 Å². The highest BCUT2D eigenvalue weighted by Gasteiger charge is 2.22. The SMILES string of the molecule is CCCCc1nc2cc(C(=O)N3CCNC(=O)C3)ccc2o1. The van der Waals surface area contributed by atoms with Crippen molar-refractivity contribution in [2.75, 3.05) is 19.6 Å². The summed E-state index contributed by atoms with van der Waals surface area (Å²) in [7, 11) is 0. The number of piperazine rings is 1. The molecule has 0 spiro atoms. The fraction of sp³-hybridized carbons (Fsp3) is 0.438. The molecule has 6 nitrogen and oxygen atoms in total. The first kappa shape index (κ1) is 14.6. The fourth-order valence-electron chi connectivity index (χ4n) is 2.54. The highest BCUT2D eigenvalue weighted by Crippen LogP contribution is 2.19. The van der Waals surface area contributed by atoms with Gasteiger partial charge in [-0.1, -0.05) is 13.3 Å². The minimum atomic E-state index is -0.144. The summed E-state index contributed by atoms with van der Waals surface area (Å²) >= 11 is 0. The van der Waals surface area contributed by atoms with Gasteiger partial charge in [0, 0.05) is 25.1 Å². The topological polar surface area (TPSA) is 75.4 Å². The zero-order valence-electron chi connectivity index (χ0n) is 12.6. The van der Waals surface area contributed by atoms with E-state index in [2.05, 4.69) is 17.2 Å². The van der Waals surface area contributed by atoms with Crippen LogP contribution in [0.5, 0.6) is 0 Å². The van der Waals surface area contributed by atoms with E-state index in [1.807, 2.05) is 0 Å². The Kier molecular flexibility index (Phi) is 4.09. The average molecular weight is 301 g/mol. The zero-order chi connectivity index (χ0) is 15.5. The second-order valence-corrected chi connectivity index (χ2v) is 5.47. The Bertz CT molecular complexity index is 708. The minimum absolute atomic E-state index is 0.109. The maximum atomic E-state index is 12.5. The zero-order valence-corrected chi connectivity index (χ0v) is 12.6. The van der Waals surface area contributed by atoms with Gasteiger partial charge in [0.2, 0.25) is 5.91 Å². The van der Waals surface area contributed by atoms with Crippen molar-refractivity contribution >= 4 is 22.9 Å². The van der Waals surface area contributed by atoms with E-state index in [4.69, 9.17) is 4.42 Å². The van der Waals surface area contributed by atoms with Crippen LogP contribution in [-0.2, 0) is 11.2 Å². The molecule has 116 valence electrons. The number of rotatable bonds is 4. The Morgan fingerprint density at radius 2 is 2.32 bits per heavy atom. The van der Waals surface area contributed by atoms with Crippen molar-refractivity contribution in [1.29, 1.82) is 0 Å². The molecule has 1 aromatic heterocycles. The third-order valence-electron chi connectivity index (χ3n) is 3.75. The van der Waals surface area contributed by atoms with E-state index in [0.717, 1.165) is 19.3 Å². The largest absolute Gasteiger partial charge is 0.441 e. The molecule has 1 fully saturated rings. The van der Waals surface area contributed by atoms with E-state index < -0.39 is 0 Å². The Morgan fingerprint density at radius 3 is 3.09 bits per heavy atom. The summed E-state index contributed by atoms with van der Waals surface area (Å²) in [5.41, 5.74) is 1.93. The van der Waals surface area contributed by atoms with E-state index >= 15 is 0 Å². The van der Waals surface area contributed by atoms with Gasteiger partial charge in [-0.05, 0) is 24.6 Å². The lowest BCUT2D eigenvalue weighted by molar-refractivity contribution is -0.123. The van der Waals surface area contributed by atoms with E-state index in [9.17, 15) is 9.59 Å². The Balaban J connectivity index is 1.81. The lowest BCUT2D eigenvalue weighted by Crippen LogP contribution is -2.49. The van der Waals surface area contributed by atoms with Crippen LogP contribution >= 0.6 is 0 Å². The molecule has 0 saturated carbocycles. The second-order valence-electron chi connectivity index (χ2n) is 5.47. The number of aryl methyl sites for hydroxylation is 1. The van der Waals surface area contributed by atoms with E-state index in [1.165, 1.54) is 0 Å². The molecule has 0 bridgehead atoms. The summed E-state index contributed by atoms with van der Waals surface area (Å²) in [6, 6.07) is 5.24. The van der Waals surface area contributed by atoms with Crippen molar-refractivity contribution < 1.29 is 14.0 Å². The summed E-state index contributed by atoms with van der Waals surface area (Å²) in [6.07, 6.45) is 2.92. The summed E-state index contributed by atoms with van der Waals surface area (Å²) in [5, 5.41) is 2.71. The lowest BCUT2D eigenvalue weighted by Gasteiger charge is -2.26. The van der Waals surface area contributed by atoms with Crippen molar-refractivity contribution in [2.45, 2.75) is 26.2 Å². The van der Waals surface area contributed by atoms with Gasteiger partial charge in [-0.3, -0.25) is 9.59 Å². The van der Waals surface area contributed by atoms with Gasteiger partial charge in [-0.25, -0.2) is 4.98 Å². The van der Waals surface area contributed by atoms with Gasteiger partial charge in [0.15, 0.2) is 11.5 Å². The number of carbonyl (C=O) groups excluding carboxylic acids is 2. The standard InChI is InChI=1S/C16H19N3O3/c1-2-3-4-15-18-12-9-11(5-6-13(12)22-15)16(21)19-8-7-17-14(20)10-19/h5-6,9H,2-4,7-8,10H2,1H3,(H,17,20). The van der Waals surface area contributed by atoms with Gasteiger partial charge in [-0.2, -0.15) is 0 Å². The number of nitrogens with one attached hydrogen (secondary N) is 1. The number of unbranched alkanes of at least 4 members (excludes halogenated alkanes) is 1. The molecule has 0 aliphatic carbocycles. The van der Waals surface area contributed by atoms with Crippen LogP contribution in [0.15, 0.2) is 22.6 Å². The van der Waals surface area contributed by atoms with E-state index in [0.29, 0.717) is 35.6 Å². The van der Waals surface area contributed by atoms with Crippen molar-refractivity contribution in [1.82, 2.24) is 15.2 Å². The minimum Gasteiger partial charge on any atom is -0.441 e. The number of aromatic nitrogens is 1. The third kappa shape index (κ3) is 2.95. The molecule has 2 amide bonds. The number of nitrogens with zero attached hydrogens (tertiary/aromatic N) is 2. The van der Waals surface area contributed by atoms with Crippen LogP contribution in [0.3, 0.4) is 0 Å². The van der Waals surface area contributed by atoms with E-state index in [-0.39, 0.29) is 18.4 Å². The van der Waals surface area contributed by atoms with Gasteiger partial charge in [0.25, 0.3) is 5.91 Å². The monoisotopic (exact) mass is 301 g/mol. The molecular weight excluding hydrogens is 282 g/mol. The predicted molar refractivity (Wildman–Crippen MR) is 81.5 cm³/mol. The third-order valence-corrected chi connectivity index (χ3v) is 3.75. The highest BCUT2D eigenvalue weighted by atomic mass is 16.3. The van der Waals surface area contributed by atoms with Gasteiger partial charge in [0.05, 0.1) is 6.54 Å². The predicted octanol–water partition coefficient (Wildman–Crippen LogP) is 1.74. The number of benzene rings is 1. The molecule has 0 atom stereocenters. The first-order valence-corrected chi connectivity index (χ1v) is 7.63. The molecule has 1 aliphatic rings. The van der Waals surface area contributed by atoms with Crippen LogP contribution in [-0.4, -0.2) is 41.3 Å². The van der Waals surface area contributed by atoms with Crippen LogP contribution in [0.25, 0.3) is 11.1 Å². The Hall–Kier alpha value is -2.37. The maximum Gasteiger partial charge on any atom is 0.254 e. The summed E-state index contributed by atoms with van der Waals surface area (Å²) in [4.78, 5) is 29.8. The van der Waals surface area contributed by atoms with Crippen molar-refractivity contribution in [3.63, 3.8) is 0 Å². The molecule has 3 rings (SSSR count). The highest BCUT2D eigenvalue weighted by molar-refractivity contribution is 5.99. The number of oxazole rings is 1. The van der Waals surface area contributed by atoms with Gasteiger partial charge >= 0.3 is 0 Å². The number of hydrogen-bond acceptors (Lipinski definition) is 4.